The molecule has 1 aromatic carbocycles. The van der Waals surface area contributed by atoms with Crippen molar-refractivity contribution in [3.8, 4) is 5.75 Å². The van der Waals surface area contributed by atoms with Crippen molar-refractivity contribution >= 4 is 6.09 Å². The zero-order chi connectivity index (χ0) is 9.52. The van der Waals surface area contributed by atoms with Crippen LogP contribution in [0.5, 0.6) is 5.75 Å². The van der Waals surface area contributed by atoms with Gasteiger partial charge in [-0.15, -0.1) is 6.58 Å². The minimum absolute atomic E-state index is 0.408. The molecule has 0 saturated heterocycles. The zero-order valence-electron chi connectivity index (χ0n) is 7.19. The number of carbonyl (C=O) groups is 1. The first-order chi connectivity index (χ1) is 6.33. The van der Waals surface area contributed by atoms with Gasteiger partial charge in [-0.3, -0.25) is 0 Å². The molecule has 1 amide bonds. The molecule has 3 nitrogen and oxygen atoms in total. The number of hydrogen-bond donors (Lipinski definition) is 1. The summed E-state index contributed by atoms with van der Waals surface area (Å²) in [5, 5.41) is 2.50. The van der Waals surface area contributed by atoms with Crippen LogP contribution < -0.4 is 10.1 Å². The Balaban J connectivity index is 2.41. The Kier molecular flexibility index (Phi) is 3.57. The van der Waals surface area contributed by atoms with Gasteiger partial charge in [-0.2, -0.15) is 0 Å². The quantitative estimate of drug-likeness (QED) is 0.717. The van der Waals surface area contributed by atoms with E-state index in [9.17, 15) is 4.79 Å². The highest BCUT2D eigenvalue weighted by molar-refractivity contribution is 5.70. The zero-order valence-corrected chi connectivity index (χ0v) is 7.19. The highest BCUT2D eigenvalue weighted by Gasteiger charge is 2.00. The molecule has 0 saturated carbocycles. The number of benzene rings is 1. The second kappa shape index (κ2) is 4.98. The molecule has 1 N–H and O–H groups in total. The van der Waals surface area contributed by atoms with Crippen LogP contribution in [0.3, 0.4) is 0 Å². The summed E-state index contributed by atoms with van der Waals surface area (Å²) in [6.45, 7) is 3.88. The van der Waals surface area contributed by atoms with Crippen LogP contribution in [0.25, 0.3) is 0 Å². The Morgan fingerprint density at radius 1 is 1.46 bits per heavy atom. The van der Waals surface area contributed by atoms with Crippen LogP contribution in [0.15, 0.2) is 43.0 Å². The average molecular weight is 177 g/mol. The molecule has 0 spiro atoms. The maximum Gasteiger partial charge on any atom is 0.412 e. The van der Waals surface area contributed by atoms with Crippen LogP contribution in [-0.4, -0.2) is 12.6 Å². The third-order valence-electron chi connectivity index (χ3n) is 1.34. The van der Waals surface area contributed by atoms with Gasteiger partial charge in [-0.25, -0.2) is 4.79 Å². The van der Waals surface area contributed by atoms with E-state index in [-0.39, 0.29) is 0 Å². The highest BCUT2D eigenvalue weighted by atomic mass is 16.5. The number of ether oxygens (including phenoxy) is 1. The molecular formula is C10H11NO2. The predicted octanol–water partition coefficient (Wildman–Crippen LogP) is 1.96. The van der Waals surface area contributed by atoms with E-state index in [1.807, 2.05) is 6.07 Å². The third kappa shape index (κ3) is 3.42. The maximum atomic E-state index is 11.0. The first-order valence-corrected chi connectivity index (χ1v) is 3.94. The lowest BCUT2D eigenvalue weighted by Gasteiger charge is -2.03. The maximum absolute atomic E-state index is 11.0. The Morgan fingerprint density at radius 2 is 2.15 bits per heavy atom. The van der Waals surface area contributed by atoms with Crippen LogP contribution in [0.4, 0.5) is 4.79 Å². The standard InChI is InChI=1S/C10H11NO2/c1-2-8-11-10(12)13-9-6-4-3-5-7-9/h2-7H,1,8H2,(H,11,12). The van der Waals surface area contributed by atoms with Crippen molar-refractivity contribution in [2.45, 2.75) is 0 Å². The molecule has 0 aromatic heterocycles. The molecule has 0 heterocycles. The minimum Gasteiger partial charge on any atom is -0.410 e. The topological polar surface area (TPSA) is 38.3 Å². The molecule has 0 radical (unpaired) electrons. The van der Waals surface area contributed by atoms with Gasteiger partial charge in [-0.1, -0.05) is 24.3 Å². The van der Waals surface area contributed by atoms with Crippen molar-refractivity contribution in [3.63, 3.8) is 0 Å². The molecular weight excluding hydrogens is 166 g/mol. The molecule has 0 aliphatic heterocycles. The van der Waals surface area contributed by atoms with E-state index in [2.05, 4.69) is 11.9 Å². The smallest absolute Gasteiger partial charge is 0.410 e. The molecule has 0 fully saturated rings. The van der Waals surface area contributed by atoms with Crippen LogP contribution in [0, 0.1) is 0 Å². The largest absolute Gasteiger partial charge is 0.412 e. The summed E-state index contributed by atoms with van der Waals surface area (Å²) in [7, 11) is 0. The molecule has 1 rings (SSSR count). The van der Waals surface area contributed by atoms with Gasteiger partial charge in [0.1, 0.15) is 5.75 Å². The second-order valence-corrected chi connectivity index (χ2v) is 2.37. The summed E-state index contributed by atoms with van der Waals surface area (Å²) in [5.74, 6) is 0.532. The van der Waals surface area contributed by atoms with Crippen LogP contribution in [0.1, 0.15) is 0 Å². The molecule has 13 heavy (non-hydrogen) atoms. The lowest BCUT2D eigenvalue weighted by molar-refractivity contribution is 0.201. The van der Waals surface area contributed by atoms with Crippen molar-refractivity contribution < 1.29 is 9.53 Å². The molecule has 0 unspecified atom stereocenters. The van der Waals surface area contributed by atoms with E-state index in [4.69, 9.17) is 4.74 Å². The number of nitrogens with one attached hydrogen (secondary N) is 1. The molecule has 1 aromatic rings. The van der Waals surface area contributed by atoms with Crippen molar-refractivity contribution in [1.82, 2.24) is 5.32 Å². The molecule has 3 heteroatoms. The lowest BCUT2D eigenvalue weighted by Crippen LogP contribution is -2.26. The SMILES string of the molecule is C=CCNC(=O)Oc1ccccc1. The Hall–Kier alpha value is -1.77. The molecule has 0 aliphatic rings. The normalized spacial score (nSPS) is 8.92. The molecule has 68 valence electrons. The number of rotatable bonds is 3. The van der Waals surface area contributed by atoms with Gasteiger partial charge in [0.15, 0.2) is 0 Å². The Labute approximate surface area is 77.0 Å². The van der Waals surface area contributed by atoms with Gasteiger partial charge in [0.05, 0.1) is 0 Å². The van der Waals surface area contributed by atoms with Crippen LogP contribution in [0.2, 0.25) is 0 Å². The van der Waals surface area contributed by atoms with Crippen LogP contribution >= 0.6 is 0 Å². The summed E-state index contributed by atoms with van der Waals surface area (Å²) in [5.41, 5.74) is 0. The van der Waals surface area contributed by atoms with E-state index in [0.717, 1.165) is 0 Å². The van der Waals surface area contributed by atoms with Crippen molar-refractivity contribution in [2.24, 2.45) is 0 Å². The van der Waals surface area contributed by atoms with E-state index in [1.165, 1.54) is 0 Å². The fourth-order valence-corrected chi connectivity index (χ4v) is 0.787. The number of carbonyl (C=O) groups excluding carboxylic acids is 1. The van der Waals surface area contributed by atoms with Gasteiger partial charge in [-0.05, 0) is 12.1 Å². The lowest BCUT2D eigenvalue weighted by atomic mass is 10.3. The fourth-order valence-electron chi connectivity index (χ4n) is 0.787. The van der Waals surface area contributed by atoms with Gasteiger partial charge in [0.25, 0.3) is 0 Å². The van der Waals surface area contributed by atoms with Crippen molar-refractivity contribution in [1.29, 1.82) is 0 Å². The first-order valence-electron chi connectivity index (χ1n) is 3.94. The molecule has 0 atom stereocenters. The number of para-hydroxylation sites is 1. The number of hydrogen-bond acceptors (Lipinski definition) is 2. The summed E-state index contributed by atoms with van der Waals surface area (Å²) < 4.78 is 4.92. The van der Waals surface area contributed by atoms with Gasteiger partial charge in [0, 0.05) is 6.54 Å². The summed E-state index contributed by atoms with van der Waals surface area (Å²) in [6.07, 6.45) is 1.12. The Bertz CT molecular complexity index is 282. The summed E-state index contributed by atoms with van der Waals surface area (Å²) in [4.78, 5) is 11.0. The van der Waals surface area contributed by atoms with Gasteiger partial charge in [0.2, 0.25) is 0 Å². The minimum atomic E-state index is -0.467. The van der Waals surface area contributed by atoms with Crippen molar-refractivity contribution in [3.05, 3.63) is 43.0 Å². The van der Waals surface area contributed by atoms with E-state index in [0.29, 0.717) is 12.3 Å². The van der Waals surface area contributed by atoms with Crippen LogP contribution in [-0.2, 0) is 0 Å². The Morgan fingerprint density at radius 3 is 2.77 bits per heavy atom. The third-order valence-corrected chi connectivity index (χ3v) is 1.34. The van der Waals surface area contributed by atoms with Gasteiger partial charge >= 0.3 is 6.09 Å². The predicted molar refractivity (Wildman–Crippen MR) is 50.7 cm³/mol. The first kappa shape index (κ1) is 9.32. The summed E-state index contributed by atoms with van der Waals surface area (Å²) >= 11 is 0. The highest BCUT2D eigenvalue weighted by Crippen LogP contribution is 2.07. The average Bonchev–Trinajstić information content (AvgIpc) is 2.16. The second-order valence-electron chi connectivity index (χ2n) is 2.37. The van der Waals surface area contributed by atoms with E-state index in [1.54, 1.807) is 30.3 Å². The molecule has 0 aliphatic carbocycles. The van der Waals surface area contributed by atoms with E-state index >= 15 is 0 Å². The van der Waals surface area contributed by atoms with Crippen molar-refractivity contribution in [2.75, 3.05) is 6.54 Å². The van der Waals surface area contributed by atoms with Gasteiger partial charge < -0.3 is 10.1 Å². The number of amides is 1. The van der Waals surface area contributed by atoms with E-state index < -0.39 is 6.09 Å². The summed E-state index contributed by atoms with van der Waals surface area (Å²) in [6, 6.07) is 8.89. The monoisotopic (exact) mass is 177 g/mol. The fraction of sp³-hybridized carbons (Fsp3) is 0.100. The molecule has 0 bridgehead atoms.